The van der Waals surface area contributed by atoms with Gasteiger partial charge in [-0.1, -0.05) is 0 Å². The van der Waals surface area contributed by atoms with E-state index < -0.39 is 28.1 Å². The number of nitrogens with two attached hydrogens (primary N) is 1. The Morgan fingerprint density at radius 3 is 2.33 bits per heavy atom. The number of halogens is 2. The fourth-order valence-electron chi connectivity index (χ4n) is 1.35. The molecule has 5 nitrogen and oxygen atoms in total. The number of ketones is 1. The second-order valence-corrected chi connectivity index (χ2v) is 5.87. The Kier molecular flexibility index (Phi) is 3.94. The van der Waals surface area contributed by atoms with Crippen molar-refractivity contribution in [1.82, 2.24) is 0 Å². The first-order valence-electron chi connectivity index (χ1n) is 5.10. The van der Waals surface area contributed by atoms with Gasteiger partial charge in [0.05, 0.1) is 0 Å². The van der Waals surface area contributed by atoms with E-state index in [1.54, 1.807) is 13.0 Å². The molecular formula is C11H12Cl2N2O3. The molecule has 98 valence electrons. The van der Waals surface area contributed by atoms with Crippen molar-refractivity contribution in [1.29, 1.82) is 5.26 Å². The van der Waals surface area contributed by atoms with Crippen LogP contribution in [0.4, 0.5) is 0 Å². The third-order valence-corrected chi connectivity index (χ3v) is 3.93. The van der Waals surface area contributed by atoms with Gasteiger partial charge in [-0.15, -0.1) is 23.2 Å². The van der Waals surface area contributed by atoms with Crippen molar-refractivity contribution in [2.75, 3.05) is 6.61 Å². The second kappa shape index (κ2) is 4.79. The molecule has 0 radical (unpaired) electrons. The van der Waals surface area contributed by atoms with Gasteiger partial charge in [0.2, 0.25) is 5.78 Å². The van der Waals surface area contributed by atoms with Gasteiger partial charge < -0.3 is 10.5 Å². The molecule has 1 aliphatic carbocycles. The van der Waals surface area contributed by atoms with Gasteiger partial charge >= 0.3 is 5.97 Å². The largest absolute Gasteiger partial charge is 0.457 e. The molecule has 1 unspecified atom stereocenters. The molecule has 1 aliphatic rings. The van der Waals surface area contributed by atoms with E-state index >= 15 is 0 Å². The molecule has 0 aromatic heterocycles. The van der Waals surface area contributed by atoms with Crippen LogP contribution in [0.25, 0.3) is 0 Å². The number of ether oxygens (including phenoxy) is 1. The van der Waals surface area contributed by atoms with E-state index in [1.165, 1.54) is 6.92 Å². The van der Waals surface area contributed by atoms with Crippen molar-refractivity contribution in [2.24, 2.45) is 11.1 Å². The molecule has 1 fully saturated rings. The normalized spacial score (nSPS) is 25.7. The molecule has 0 heterocycles. The van der Waals surface area contributed by atoms with Crippen LogP contribution in [0.1, 0.15) is 20.3 Å². The molecule has 7 heteroatoms. The van der Waals surface area contributed by atoms with E-state index in [2.05, 4.69) is 0 Å². The lowest BCUT2D eigenvalue weighted by molar-refractivity contribution is -0.152. The summed E-state index contributed by atoms with van der Waals surface area (Å²) >= 11 is 11.6. The van der Waals surface area contributed by atoms with Crippen LogP contribution >= 0.6 is 23.2 Å². The summed E-state index contributed by atoms with van der Waals surface area (Å²) in [5.74, 6) is -1.31. The zero-order valence-corrected chi connectivity index (χ0v) is 11.4. The monoisotopic (exact) mass is 290 g/mol. The Balaban J connectivity index is 2.59. The van der Waals surface area contributed by atoms with Crippen molar-refractivity contribution in [2.45, 2.75) is 24.6 Å². The van der Waals surface area contributed by atoms with Crippen LogP contribution in [0.5, 0.6) is 0 Å². The van der Waals surface area contributed by atoms with Gasteiger partial charge in [-0.3, -0.25) is 9.59 Å². The van der Waals surface area contributed by atoms with E-state index in [0.717, 1.165) is 0 Å². The average molecular weight is 291 g/mol. The zero-order valence-electron chi connectivity index (χ0n) is 9.92. The molecule has 0 aromatic carbocycles. The summed E-state index contributed by atoms with van der Waals surface area (Å²) in [5.41, 5.74) is 4.22. The third-order valence-electron chi connectivity index (χ3n) is 2.83. The molecule has 18 heavy (non-hydrogen) atoms. The van der Waals surface area contributed by atoms with Crippen LogP contribution in [0.3, 0.4) is 0 Å². The van der Waals surface area contributed by atoms with Gasteiger partial charge in [0.1, 0.15) is 21.4 Å². The fraction of sp³-hybridized carbons (Fsp3) is 0.545. The Morgan fingerprint density at radius 2 is 2.00 bits per heavy atom. The van der Waals surface area contributed by atoms with E-state index in [9.17, 15) is 9.59 Å². The number of hydrogen-bond acceptors (Lipinski definition) is 5. The molecule has 0 aromatic rings. The van der Waals surface area contributed by atoms with E-state index in [0.29, 0.717) is 0 Å². The average Bonchev–Trinajstić information content (AvgIpc) is 2.76. The van der Waals surface area contributed by atoms with Gasteiger partial charge in [0.15, 0.2) is 6.61 Å². The van der Waals surface area contributed by atoms with Gasteiger partial charge in [0, 0.05) is 12.1 Å². The van der Waals surface area contributed by atoms with Crippen molar-refractivity contribution in [3.8, 4) is 6.07 Å². The zero-order chi connectivity index (χ0) is 14.1. The first-order valence-corrected chi connectivity index (χ1v) is 5.86. The molecule has 0 aliphatic heterocycles. The Morgan fingerprint density at radius 1 is 1.50 bits per heavy atom. The second-order valence-electron chi connectivity index (χ2n) is 4.38. The lowest BCUT2D eigenvalue weighted by atomic mass is 10.1. The Bertz CT molecular complexity index is 475. The van der Waals surface area contributed by atoms with Crippen LogP contribution < -0.4 is 5.73 Å². The van der Waals surface area contributed by atoms with Crippen LogP contribution in [0.2, 0.25) is 0 Å². The molecule has 0 amide bonds. The maximum absolute atomic E-state index is 11.7. The summed E-state index contributed by atoms with van der Waals surface area (Å²) in [6.07, 6.45) is 0.271. The molecule has 0 bridgehead atoms. The summed E-state index contributed by atoms with van der Waals surface area (Å²) in [4.78, 5) is 23.2. The van der Waals surface area contributed by atoms with Crippen molar-refractivity contribution >= 4 is 35.0 Å². The Labute approximate surface area is 114 Å². The number of nitrogens with zero attached hydrogens (tertiary/aromatic N) is 1. The molecule has 2 N–H and O–H groups in total. The number of nitriles is 1. The van der Waals surface area contributed by atoms with Gasteiger partial charge in [0.25, 0.3) is 0 Å². The van der Waals surface area contributed by atoms with Gasteiger partial charge in [-0.05, 0) is 13.8 Å². The van der Waals surface area contributed by atoms with Gasteiger partial charge in [-0.2, -0.15) is 5.26 Å². The summed E-state index contributed by atoms with van der Waals surface area (Å²) in [7, 11) is 0. The lowest BCUT2D eigenvalue weighted by Crippen LogP contribution is -2.25. The minimum absolute atomic E-state index is 0.0835. The smallest absolute Gasteiger partial charge is 0.315 e. The first kappa shape index (κ1) is 14.8. The van der Waals surface area contributed by atoms with Gasteiger partial charge in [-0.25, -0.2) is 0 Å². The molecule has 0 spiro atoms. The molecule has 1 saturated carbocycles. The summed E-state index contributed by atoms with van der Waals surface area (Å²) < 4.78 is 3.65. The highest BCUT2D eigenvalue weighted by molar-refractivity contribution is 6.53. The molecular weight excluding hydrogens is 279 g/mol. The van der Waals surface area contributed by atoms with Crippen LogP contribution in [-0.4, -0.2) is 22.7 Å². The SMILES string of the molecule is C/C(N)=C(\C#N)C(=O)COC(=O)C1(C)CC1(Cl)Cl. The van der Waals surface area contributed by atoms with Crippen molar-refractivity contribution < 1.29 is 14.3 Å². The maximum atomic E-state index is 11.7. The predicted molar refractivity (Wildman–Crippen MR) is 65.6 cm³/mol. The molecule has 1 atom stereocenters. The van der Waals surface area contributed by atoms with Crippen LogP contribution in [-0.2, 0) is 14.3 Å². The summed E-state index contributed by atoms with van der Waals surface area (Å²) in [6.45, 7) is 2.42. The maximum Gasteiger partial charge on any atom is 0.315 e. The van der Waals surface area contributed by atoms with Crippen molar-refractivity contribution in [3.05, 3.63) is 11.3 Å². The number of rotatable bonds is 4. The van der Waals surface area contributed by atoms with E-state index in [-0.39, 0.29) is 17.7 Å². The van der Waals surface area contributed by atoms with E-state index in [1.807, 2.05) is 0 Å². The number of alkyl halides is 2. The number of Topliss-reactive ketones (excluding diaryl/α,β-unsaturated/α-hetero) is 1. The molecule has 0 saturated heterocycles. The number of hydrogen-bond donors (Lipinski definition) is 1. The van der Waals surface area contributed by atoms with Crippen molar-refractivity contribution in [3.63, 3.8) is 0 Å². The summed E-state index contributed by atoms with van der Waals surface area (Å²) in [6, 6.07) is 1.66. The highest BCUT2D eigenvalue weighted by Gasteiger charge is 2.69. The Hall–Kier alpha value is -1.25. The summed E-state index contributed by atoms with van der Waals surface area (Å²) in [5, 5.41) is 8.70. The number of allylic oxidation sites excluding steroid dienone is 1. The standard InChI is InChI=1S/C11H12Cl2N2O3/c1-6(15)7(3-14)8(16)4-18-9(17)10(2)5-11(10,12)13/h4-5,15H2,1-2H3/b7-6-. The highest BCUT2D eigenvalue weighted by atomic mass is 35.5. The minimum atomic E-state index is -1.15. The lowest BCUT2D eigenvalue weighted by Gasteiger charge is -2.11. The predicted octanol–water partition coefficient (Wildman–Crippen LogP) is 1.44. The number of carbonyl (C=O) groups is 2. The number of carbonyl (C=O) groups excluding carboxylic acids is 2. The van der Waals surface area contributed by atoms with Crippen LogP contribution in [0, 0.1) is 16.7 Å². The first-order chi connectivity index (χ1) is 8.15. The number of esters is 1. The third kappa shape index (κ3) is 2.60. The fourth-order valence-corrected chi connectivity index (χ4v) is 2.04. The van der Waals surface area contributed by atoms with E-state index in [4.69, 9.17) is 38.9 Å². The molecule has 1 rings (SSSR count). The van der Waals surface area contributed by atoms with Crippen LogP contribution in [0.15, 0.2) is 11.3 Å². The topological polar surface area (TPSA) is 93.2 Å². The minimum Gasteiger partial charge on any atom is -0.457 e. The highest BCUT2D eigenvalue weighted by Crippen LogP contribution is 2.64. The quantitative estimate of drug-likeness (QED) is 0.366.